The number of benzene rings is 1. The Morgan fingerprint density at radius 2 is 2.09 bits per heavy atom. The number of carbonyl (C=O) groups is 1. The molecular weight excluding hydrogens is 308 g/mol. The molecule has 0 bridgehead atoms. The van der Waals surface area contributed by atoms with Crippen LogP contribution in [0.5, 0.6) is 0 Å². The van der Waals surface area contributed by atoms with Crippen molar-refractivity contribution in [3.63, 3.8) is 0 Å². The van der Waals surface area contributed by atoms with Crippen LogP contribution in [0.25, 0.3) is 11.2 Å². The van der Waals surface area contributed by atoms with E-state index in [1.165, 1.54) is 11.8 Å². The van der Waals surface area contributed by atoms with Crippen LogP contribution in [0.4, 0.5) is 5.69 Å². The molecule has 3 rings (SSSR count). The van der Waals surface area contributed by atoms with Crippen molar-refractivity contribution >= 4 is 34.5 Å². The molecule has 1 aromatic carbocycles. The summed E-state index contributed by atoms with van der Waals surface area (Å²) in [5.74, 6) is -0.0443. The van der Waals surface area contributed by atoms with E-state index in [2.05, 4.69) is 20.3 Å². The fraction of sp³-hybridized carbons (Fsp3) is 0.235. The van der Waals surface area contributed by atoms with Crippen LogP contribution in [-0.2, 0) is 4.79 Å². The molecule has 0 radical (unpaired) electrons. The third-order valence-electron chi connectivity index (χ3n) is 3.76. The van der Waals surface area contributed by atoms with Crippen LogP contribution in [0.2, 0.25) is 0 Å². The van der Waals surface area contributed by atoms with Gasteiger partial charge in [-0.2, -0.15) is 0 Å². The first kappa shape index (κ1) is 15.6. The molecule has 0 aliphatic rings. The lowest BCUT2D eigenvalue weighted by atomic mass is 10.1. The zero-order valence-corrected chi connectivity index (χ0v) is 14.1. The molecule has 118 valence electrons. The summed E-state index contributed by atoms with van der Waals surface area (Å²) in [6, 6.07) is 9.67. The third kappa shape index (κ3) is 3.37. The second kappa shape index (κ2) is 6.42. The van der Waals surface area contributed by atoms with Crippen LogP contribution >= 0.6 is 11.8 Å². The highest BCUT2D eigenvalue weighted by molar-refractivity contribution is 8.00. The Labute approximate surface area is 138 Å². The molecular formula is C17H18N4OS. The SMILES string of the molecule is Cc1cccc(NC(=O)[C@@H](C)Sc2nc3ncccc3[nH]2)c1C. The van der Waals surface area contributed by atoms with Gasteiger partial charge in [0.2, 0.25) is 5.91 Å². The van der Waals surface area contributed by atoms with Gasteiger partial charge in [-0.05, 0) is 50.1 Å². The van der Waals surface area contributed by atoms with E-state index in [1.807, 2.05) is 51.1 Å². The van der Waals surface area contributed by atoms with Crippen LogP contribution in [0, 0.1) is 13.8 Å². The second-order valence-electron chi connectivity index (χ2n) is 5.41. The third-order valence-corrected chi connectivity index (χ3v) is 4.74. The molecule has 2 aromatic heterocycles. The van der Waals surface area contributed by atoms with Crippen LogP contribution < -0.4 is 5.32 Å². The molecule has 0 aliphatic heterocycles. The molecule has 5 nitrogen and oxygen atoms in total. The van der Waals surface area contributed by atoms with E-state index in [0.717, 1.165) is 22.3 Å². The van der Waals surface area contributed by atoms with E-state index in [-0.39, 0.29) is 11.2 Å². The number of aromatic nitrogens is 3. The zero-order valence-electron chi connectivity index (χ0n) is 13.3. The maximum absolute atomic E-state index is 12.4. The topological polar surface area (TPSA) is 70.7 Å². The minimum absolute atomic E-state index is 0.0443. The number of anilines is 1. The summed E-state index contributed by atoms with van der Waals surface area (Å²) in [7, 11) is 0. The monoisotopic (exact) mass is 326 g/mol. The van der Waals surface area contributed by atoms with Crippen molar-refractivity contribution in [1.82, 2.24) is 15.0 Å². The predicted molar refractivity (Wildman–Crippen MR) is 93.8 cm³/mol. The lowest BCUT2D eigenvalue weighted by molar-refractivity contribution is -0.115. The molecule has 2 heterocycles. The number of aromatic amines is 1. The van der Waals surface area contributed by atoms with Gasteiger partial charge in [0.15, 0.2) is 10.8 Å². The number of H-pyrrole nitrogens is 1. The van der Waals surface area contributed by atoms with Gasteiger partial charge in [0, 0.05) is 11.9 Å². The fourth-order valence-electron chi connectivity index (χ4n) is 2.22. The number of fused-ring (bicyclic) bond motifs is 1. The smallest absolute Gasteiger partial charge is 0.237 e. The van der Waals surface area contributed by atoms with Crippen molar-refractivity contribution in [2.45, 2.75) is 31.2 Å². The number of aryl methyl sites for hydroxylation is 1. The molecule has 2 N–H and O–H groups in total. The molecule has 1 amide bonds. The Hall–Kier alpha value is -2.34. The van der Waals surface area contributed by atoms with E-state index < -0.39 is 0 Å². The number of amides is 1. The lowest BCUT2D eigenvalue weighted by Gasteiger charge is -2.13. The van der Waals surface area contributed by atoms with Gasteiger partial charge in [-0.1, -0.05) is 23.9 Å². The molecule has 6 heteroatoms. The van der Waals surface area contributed by atoms with Gasteiger partial charge in [-0.15, -0.1) is 0 Å². The molecule has 0 spiro atoms. The molecule has 0 aliphatic carbocycles. The fourth-order valence-corrected chi connectivity index (χ4v) is 3.03. The number of nitrogens with zero attached hydrogens (tertiary/aromatic N) is 2. The first-order valence-corrected chi connectivity index (χ1v) is 8.27. The Bertz CT molecular complexity index is 826. The first-order chi connectivity index (χ1) is 11.0. The van der Waals surface area contributed by atoms with Gasteiger partial charge >= 0.3 is 0 Å². The minimum Gasteiger partial charge on any atom is -0.332 e. The summed E-state index contributed by atoms with van der Waals surface area (Å²) in [6.07, 6.45) is 1.70. The minimum atomic E-state index is -0.268. The Morgan fingerprint density at radius 1 is 1.26 bits per heavy atom. The van der Waals surface area contributed by atoms with Crippen molar-refractivity contribution < 1.29 is 4.79 Å². The second-order valence-corrected chi connectivity index (χ2v) is 6.74. The van der Waals surface area contributed by atoms with Gasteiger partial charge < -0.3 is 10.3 Å². The number of hydrogen-bond donors (Lipinski definition) is 2. The Morgan fingerprint density at radius 3 is 2.87 bits per heavy atom. The number of imidazole rings is 1. The molecule has 1 atom stereocenters. The summed E-state index contributed by atoms with van der Waals surface area (Å²) >= 11 is 1.39. The largest absolute Gasteiger partial charge is 0.332 e. The average molecular weight is 326 g/mol. The molecule has 23 heavy (non-hydrogen) atoms. The van der Waals surface area contributed by atoms with Gasteiger partial charge in [-0.3, -0.25) is 4.79 Å². The molecule has 0 unspecified atom stereocenters. The maximum atomic E-state index is 12.4. The normalized spacial score (nSPS) is 12.3. The quantitative estimate of drug-likeness (QED) is 0.717. The summed E-state index contributed by atoms with van der Waals surface area (Å²) in [6.45, 7) is 5.91. The summed E-state index contributed by atoms with van der Waals surface area (Å²) < 4.78 is 0. The van der Waals surface area contributed by atoms with Crippen molar-refractivity contribution in [2.24, 2.45) is 0 Å². The summed E-state index contributed by atoms with van der Waals surface area (Å²) in [5.41, 5.74) is 4.64. The molecule has 0 fully saturated rings. The van der Waals surface area contributed by atoms with Crippen molar-refractivity contribution in [3.8, 4) is 0 Å². The van der Waals surface area contributed by atoms with E-state index >= 15 is 0 Å². The highest BCUT2D eigenvalue weighted by Gasteiger charge is 2.17. The maximum Gasteiger partial charge on any atom is 0.237 e. The van der Waals surface area contributed by atoms with Crippen molar-refractivity contribution in [2.75, 3.05) is 5.32 Å². The highest BCUT2D eigenvalue weighted by atomic mass is 32.2. The number of carbonyl (C=O) groups excluding carboxylic acids is 1. The first-order valence-electron chi connectivity index (χ1n) is 7.39. The number of rotatable bonds is 4. The van der Waals surface area contributed by atoms with Gasteiger partial charge in [0.25, 0.3) is 0 Å². The molecule has 0 saturated heterocycles. The predicted octanol–water partition coefficient (Wildman–Crippen LogP) is 3.69. The number of pyridine rings is 1. The van der Waals surface area contributed by atoms with E-state index in [9.17, 15) is 4.79 Å². The van der Waals surface area contributed by atoms with E-state index in [0.29, 0.717) is 10.8 Å². The van der Waals surface area contributed by atoms with Crippen LogP contribution in [0.1, 0.15) is 18.1 Å². The van der Waals surface area contributed by atoms with E-state index in [1.54, 1.807) is 6.20 Å². The molecule has 3 aromatic rings. The van der Waals surface area contributed by atoms with Gasteiger partial charge in [0.05, 0.1) is 10.8 Å². The van der Waals surface area contributed by atoms with Crippen LogP contribution in [-0.4, -0.2) is 26.1 Å². The van der Waals surface area contributed by atoms with Crippen LogP contribution in [0.15, 0.2) is 41.7 Å². The highest BCUT2D eigenvalue weighted by Crippen LogP contribution is 2.24. The molecule has 0 saturated carbocycles. The van der Waals surface area contributed by atoms with Crippen molar-refractivity contribution in [1.29, 1.82) is 0 Å². The number of hydrogen-bond acceptors (Lipinski definition) is 4. The average Bonchev–Trinajstić information content (AvgIpc) is 2.93. The summed E-state index contributed by atoms with van der Waals surface area (Å²) in [4.78, 5) is 24.2. The standard InChI is InChI=1S/C17H18N4OS/c1-10-6-4-7-13(11(10)2)19-16(22)12(3)23-17-20-14-8-5-9-18-15(14)21-17/h4-9,12H,1-3H3,(H,19,22)(H,18,20,21)/t12-/m1/s1. The number of thioether (sulfide) groups is 1. The lowest BCUT2D eigenvalue weighted by Crippen LogP contribution is -2.23. The number of nitrogens with one attached hydrogen (secondary N) is 2. The van der Waals surface area contributed by atoms with E-state index in [4.69, 9.17) is 0 Å². The summed E-state index contributed by atoms with van der Waals surface area (Å²) in [5, 5.41) is 3.42. The van der Waals surface area contributed by atoms with Gasteiger partial charge in [-0.25, -0.2) is 9.97 Å². The van der Waals surface area contributed by atoms with Gasteiger partial charge in [0.1, 0.15) is 0 Å². The van der Waals surface area contributed by atoms with Crippen molar-refractivity contribution in [3.05, 3.63) is 47.7 Å². The Balaban J connectivity index is 1.71. The van der Waals surface area contributed by atoms with Crippen LogP contribution in [0.3, 0.4) is 0 Å². The Kier molecular flexibility index (Phi) is 4.34. The zero-order chi connectivity index (χ0) is 16.4.